The quantitative estimate of drug-likeness (QED) is 0.771. The van der Waals surface area contributed by atoms with Crippen LogP contribution in [0.4, 0.5) is 5.69 Å². The molecule has 5 heteroatoms. The van der Waals surface area contributed by atoms with Crippen molar-refractivity contribution >= 4 is 17.5 Å². The van der Waals surface area contributed by atoms with Crippen LogP contribution < -0.4 is 15.0 Å². The van der Waals surface area contributed by atoms with Gasteiger partial charge >= 0.3 is 0 Å². The van der Waals surface area contributed by atoms with Gasteiger partial charge in [0.1, 0.15) is 5.75 Å². The van der Waals surface area contributed by atoms with Crippen molar-refractivity contribution in [1.29, 1.82) is 0 Å². The molecular weight excluding hydrogens is 328 g/mol. The van der Waals surface area contributed by atoms with E-state index in [1.54, 1.807) is 7.11 Å². The van der Waals surface area contributed by atoms with Crippen molar-refractivity contribution in [2.45, 2.75) is 32.2 Å². The summed E-state index contributed by atoms with van der Waals surface area (Å²) in [5.74, 6) is 0.595. The van der Waals surface area contributed by atoms with Crippen LogP contribution in [0.3, 0.4) is 0 Å². The maximum atomic E-state index is 12.7. The van der Waals surface area contributed by atoms with E-state index in [-0.39, 0.29) is 24.3 Å². The molecule has 136 valence electrons. The maximum Gasteiger partial charge on any atom is 0.292 e. The van der Waals surface area contributed by atoms with E-state index in [1.165, 1.54) is 16.0 Å². The number of quaternary nitrogens is 1. The van der Waals surface area contributed by atoms with Gasteiger partial charge in [0.25, 0.3) is 5.91 Å². The number of carbonyl (C=O) groups is 2. The number of hydrogen-bond donors (Lipinski definition) is 1. The summed E-state index contributed by atoms with van der Waals surface area (Å²) in [7, 11) is 1.65. The number of hydrogen-bond acceptors (Lipinski definition) is 3. The minimum absolute atomic E-state index is 0.117. The zero-order valence-corrected chi connectivity index (χ0v) is 15.3. The smallest absolute Gasteiger partial charge is 0.292 e. The third kappa shape index (κ3) is 3.94. The topological polar surface area (TPSA) is 63.2 Å². The van der Waals surface area contributed by atoms with Crippen LogP contribution in [0.1, 0.15) is 24.5 Å². The number of amides is 2. The Hall–Kier alpha value is -2.66. The largest absolute Gasteiger partial charge is 0.497 e. The predicted molar refractivity (Wildman–Crippen MR) is 100 cm³/mol. The number of ether oxygens (including phenoxy) is 1. The van der Waals surface area contributed by atoms with E-state index in [2.05, 4.69) is 6.92 Å². The number of aryl methyl sites for hydroxylation is 1. The lowest BCUT2D eigenvalue weighted by Crippen LogP contribution is -2.92. The van der Waals surface area contributed by atoms with Crippen molar-refractivity contribution in [3.05, 3.63) is 59.7 Å². The molecule has 2 amide bonds. The minimum Gasteiger partial charge on any atom is -0.497 e. The minimum atomic E-state index is -0.327. The Morgan fingerprint density at radius 3 is 2.31 bits per heavy atom. The van der Waals surface area contributed by atoms with E-state index in [0.29, 0.717) is 5.69 Å². The third-order valence-electron chi connectivity index (χ3n) is 4.83. The first-order chi connectivity index (χ1) is 12.6. The summed E-state index contributed by atoms with van der Waals surface area (Å²) >= 11 is 0. The molecule has 1 aliphatic rings. The second-order valence-corrected chi connectivity index (χ2v) is 6.52. The van der Waals surface area contributed by atoms with Gasteiger partial charge in [0, 0.05) is 6.42 Å². The van der Waals surface area contributed by atoms with Crippen LogP contribution in [0.25, 0.3) is 0 Å². The van der Waals surface area contributed by atoms with Crippen LogP contribution >= 0.6 is 0 Å². The lowest BCUT2D eigenvalue weighted by Gasteiger charge is -2.14. The first kappa shape index (κ1) is 18.1. The first-order valence-corrected chi connectivity index (χ1v) is 9.04. The number of benzene rings is 2. The Bertz CT molecular complexity index is 769. The van der Waals surface area contributed by atoms with Gasteiger partial charge in [-0.2, -0.15) is 0 Å². The highest BCUT2D eigenvalue weighted by atomic mass is 16.5. The molecule has 2 N–H and O–H groups in total. The SMILES string of the molecule is CCc1ccc(N2C(=O)C[C@H]([NH2+]CCc3ccc(OC)cc3)C2=O)cc1. The average Bonchev–Trinajstić information content (AvgIpc) is 2.96. The van der Waals surface area contributed by atoms with Crippen molar-refractivity contribution in [2.75, 3.05) is 18.6 Å². The number of carbonyl (C=O) groups excluding carboxylic acids is 2. The Morgan fingerprint density at radius 1 is 1.04 bits per heavy atom. The molecular formula is C21H25N2O3+. The number of nitrogens with two attached hydrogens (primary N) is 1. The summed E-state index contributed by atoms with van der Waals surface area (Å²) in [6.07, 6.45) is 2.04. The van der Waals surface area contributed by atoms with Gasteiger partial charge < -0.3 is 10.1 Å². The van der Waals surface area contributed by atoms with Crippen LogP contribution in [0, 0.1) is 0 Å². The second kappa shape index (κ2) is 8.15. The van der Waals surface area contributed by atoms with Gasteiger partial charge in [-0.1, -0.05) is 31.2 Å². The van der Waals surface area contributed by atoms with Gasteiger partial charge in [0.2, 0.25) is 5.91 Å². The maximum absolute atomic E-state index is 12.7. The van der Waals surface area contributed by atoms with Gasteiger partial charge in [0.05, 0.1) is 25.8 Å². The molecule has 0 unspecified atom stereocenters. The fourth-order valence-electron chi connectivity index (χ4n) is 3.23. The molecule has 0 spiro atoms. The number of nitrogens with zero attached hydrogens (tertiary/aromatic N) is 1. The fraction of sp³-hybridized carbons (Fsp3) is 0.333. The van der Waals surface area contributed by atoms with Crippen molar-refractivity contribution in [3.8, 4) is 5.75 Å². The van der Waals surface area contributed by atoms with E-state index in [1.807, 2.05) is 53.8 Å². The molecule has 0 aromatic heterocycles. The number of methoxy groups -OCH3 is 1. The fourth-order valence-corrected chi connectivity index (χ4v) is 3.23. The molecule has 2 aromatic carbocycles. The zero-order valence-electron chi connectivity index (χ0n) is 15.3. The van der Waals surface area contributed by atoms with Crippen molar-refractivity contribution in [2.24, 2.45) is 0 Å². The van der Waals surface area contributed by atoms with Crippen molar-refractivity contribution in [3.63, 3.8) is 0 Å². The third-order valence-corrected chi connectivity index (χ3v) is 4.83. The summed E-state index contributed by atoms with van der Waals surface area (Å²) in [5, 5.41) is 1.98. The molecule has 26 heavy (non-hydrogen) atoms. The Labute approximate surface area is 154 Å². The van der Waals surface area contributed by atoms with Gasteiger partial charge in [0.15, 0.2) is 6.04 Å². The average molecular weight is 353 g/mol. The van der Waals surface area contributed by atoms with Crippen LogP contribution in [0.2, 0.25) is 0 Å². The zero-order chi connectivity index (χ0) is 18.5. The number of rotatable bonds is 7. The molecule has 1 aliphatic heterocycles. The van der Waals surface area contributed by atoms with E-state index >= 15 is 0 Å². The van der Waals surface area contributed by atoms with Gasteiger partial charge in [-0.3, -0.25) is 9.59 Å². The Balaban J connectivity index is 1.57. The van der Waals surface area contributed by atoms with Gasteiger partial charge in [-0.15, -0.1) is 0 Å². The van der Waals surface area contributed by atoms with Crippen LogP contribution in [0.5, 0.6) is 5.75 Å². The molecule has 0 saturated carbocycles. The molecule has 1 heterocycles. The molecule has 2 aromatic rings. The summed E-state index contributed by atoms with van der Waals surface area (Å²) < 4.78 is 5.15. The highest BCUT2D eigenvalue weighted by Gasteiger charge is 2.41. The summed E-state index contributed by atoms with van der Waals surface area (Å²) in [6, 6.07) is 15.2. The van der Waals surface area contributed by atoms with Crippen LogP contribution in [0.15, 0.2) is 48.5 Å². The standard InChI is InChI=1S/C21H24N2O3/c1-3-15-4-8-17(9-5-15)23-20(24)14-19(21(23)25)22-13-12-16-6-10-18(26-2)11-7-16/h4-11,19,22H,3,12-14H2,1-2H3/p+1/t19-/m0/s1. The van der Waals surface area contributed by atoms with Crippen molar-refractivity contribution < 1.29 is 19.6 Å². The molecule has 3 rings (SSSR count). The Kier molecular flexibility index (Phi) is 5.68. The molecule has 0 radical (unpaired) electrons. The number of imide groups is 1. The lowest BCUT2D eigenvalue weighted by molar-refractivity contribution is -0.674. The predicted octanol–water partition coefficient (Wildman–Crippen LogP) is 1.70. The molecule has 1 saturated heterocycles. The second-order valence-electron chi connectivity index (χ2n) is 6.52. The normalized spacial score (nSPS) is 17.0. The van der Waals surface area contributed by atoms with E-state index in [9.17, 15) is 9.59 Å². The van der Waals surface area contributed by atoms with Crippen LogP contribution in [-0.2, 0) is 22.4 Å². The highest BCUT2D eigenvalue weighted by molar-refractivity contribution is 6.21. The molecule has 0 aliphatic carbocycles. The van der Waals surface area contributed by atoms with E-state index in [0.717, 1.165) is 25.1 Å². The van der Waals surface area contributed by atoms with Gasteiger partial charge in [-0.25, -0.2) is 4.90 Å². The summed E-state index contributed by atoms with van der Waals surface area (Å²) in [5.41, 5.74) is 3.05. The van der Waals surface area contributed by atoms with Crippen LogP contribution in [-0.4, -0.2) is 31.5 Å². The van der Waals surface area contributed by atoms with E-state index < -0.39 is 0 Å². The summed E-state index contributed by atoms with van der Waals surface area (Å²) in [4.78, 5) is 26.3. The van der Waals surface area contributed by atoms with Gasteiger partial charge in [-0.05, 0) is 41.8 Å². The molecule has 5 nitrogen and oxygen atoms in total. The molecule has 1 atom stereocenters. The number of anilines is 1. The highest BCUT2D eigenvalue weighted by Crippen LogP contribution is 2.22. The monoisotopic (exact) mass is 353 g/mol. The van der Waals surface area contributed by atoms with Crippen molar-refractivity contribution in [1.82, 2.24) is 0 Å². The van der Waals surface area contributed by atoms with E-state index in [4.69, 9.17) is 4.74 Å². The summed E-state index contributed by atoms with van der Waals surface area (Å²) in [6.45, 7) is 2.84. The molecule has 1 fully saturated rings. The first-order valence-electron chi connectivity index (χ1n) is 9.04. The lowest BCUT2D eigenvalue weighted by atomic mass is 10.1. The molecule has 0 bridgehead atoms. The Morgan fingerprint density at radius 2 is 1.69 bits per heavy atom.